The monoisotopic (exact) mass is 258 g/mol. The largest absolute Gasteiger partial charge is 0.501 e. The maximum absolute atomic E-state index is 6.25. The molecule has 3 N–H and O–H groups in total. The Balaban J connectivity index is 2.28. The second-order valence-electron chi connectivity index (χ2n) is 3.86. The van der Waals surface area contributed by atoms with Crippen molar-refractivity contribution >= 4 is 22.9 Å². The van der Waals surface area contributed by atoms with E-state index in [1.807, 2.05) is 12.3 Å². The standard InChI is InChI=1S/C11H15ClN2OS/c1-7-6-16-11(9(7)12)10(14-13)8-3-2-4-15-5-8/h5-6,10,14H,2-4,13H2,1H3. The van der Waals surface area contributed by atoms with Crippen LogP contribution in [0.2, 0.25) is 5.02 Å². The van der Waals surface area contributed by atoms with E-state index in [0.29, 0.717) is 0 Å². The average molecular weight is 259 g/mol. The molecule has 2 heterocycles. The van der Waals surface area contributed by atoms with E-state index in [-0.39, 0.29) is 6.04 Å². The highest BCUT2D eigenvalue weighted by atomic mass is 35.5. The van der Waals surface area contributed by atoms with Gasteiger partial charge in [-0.15, -0.1) is 11.3 Å². The molecule has 1 aromatic heterocycles. The van der Waals surface area contributed by atoms with Crippen LogP contribution in [-0.2, 0) is 4.74 Å². The molecule has 3 nitrogen and oxygen atoms in total. The third kappa shape index (κ3) is 2.25. The molecule has 0 amide bonds. The van der Waals surface area contributed by atoms with Crippen LogP contribution in [0.4, 0.5) is 0 Å². The minimum atomic E-state index is -0.0218. The Morgan fingerprint density at radius 2 is 2.44 bits per heavy atom. The summed E-state index contributed by atoms with van der Waals surface area (Å²) >= 11 is 7.88. The number of nitrogens with one attached hydrogen (secondary N) is 1. The molecule has 1 aliphatic rings. The Morgan fingerprint density at radius 1 is 1.62 bits per heavy atom. The van der Waals surface area contributed by atoms with Crippen molar-refractivity contribution < 1.29 is 4.74 Å². The lowest BCUT2D eigenvalue weighted by atomic mass is 10.0. The number of hydrazine groups is 1. The van der Waals surface area contributed by atoms with Crippen LogP contribution in [0.15, 0.2) is 17.2 Å². The van der Waals surface area contributed by atoms with Crippen LogP contribution < -0.4 is 11.3 Å². The molecule has 0 spiro atoms. The first kappa shape index (κ1) is 11.9. The van der Waals surface area contributed by atoms with Crippen LogP contribution in [0.25, 0.3) is 0 Å². The Kier molecular flexibility index (Phi) is 3.86. The van der Waals surface area contributed by atoms with Gasteiger partial charge in [0, 0.05) is 4.88 Å². The molecule has 0 aromatic carbocycles. The molecule has 1 aliphatic heterocycles. The fraction of sp³-hybridized carbons (Fsp3) is 0.455. The molecule has 1 atom stereocenters. The predicted octanol–water partition coefficient (Wildman–Crippen LogP) is 2.91. The molecule has 0 fully saturated rings. The van der Waals surface area contributed by atoms with Gasteiger partial charge in [0.15, 0.2) is 0 Å². The van der Waals surface area contributed by atoms with E-state index >= 15 is 0 Å². The third-order valence-corrected chi connectivity index (χ3v) is 4.47. The van der Waals surface area contributed by atoms with Crippen molar-refractivity contribution in [1.29, 1.82) is 0 Å². The number of halogens is 1. The van der Waals surface area contributed by atoms with Crippen LogP contribution in [0.5, 0.6) is 0 Å². The first-order valence-corrected chi connectivity index (χ1v) is 6.50. The summed E-state index contributed by atoms with van der Waals surface area (Å²) in [5, 5.41) is 2.85. The van der Waals surface area contributed by atoms with Gasteiger partial charge in [-0.1, -0.05) is 11.6 Å². The second kappa shape index (κ2) is 5.19. The van der Waals surface area contributed by atoms with Crippen molar-refractivity contribution in [3.05, 3.63) is 32.7 Å². The van der Waals surface area contributed by atoms with Gasteiger partial charge in [-0.05, 0) is 36.3 Å². The number of rotatable bonds is 3. The quantitative estimate of drug-likeness (QED) is 0.647. The van der Waals surface area contributed by atoms with Gasteiger partial charge in [-0.2, -0.15) is 0 Å². The number of ether oxygens (including phenoxy) is 1. The highest BCUT2D eigenvalue weighted by molar-refractivity contribution is 7.10. The summed E-state index contributed by atoms with van der Waals surface area (Å²) in [5.41, 5.74) is 5.08. The summed E-state index contributed by atoms with van der Waals surface area (Å²) in [7, 11) is 0. The number of hydrogen-bond donors (Lipinski definition) is 2. The van der Waals surface area contributed by atoms with Gasteiger partial charge in [0.25, 0.3) is 0 Å². The molecule has 0 bridgehead atoms. The van der Waals surface area contributed by atoms with E-state index in [9.17, 15) is 0 Å². The van der Waals surface area contributed by atoms with Crippen molar-refractivity contribution in [3.63, 3.8) is 0 Å². The summed E-state index contributed by atoms with van der Waals surface area (Å²) < 4.78 is 5.34. The molecular weight excluding hydrogens is 244 g/mol. The highest BCUT2D eigenvalue weighted by Crippen LogP contribution is 2.37. The lowest BCUT2D eigenvalue weighted by Gasteiger charge is -2.22. The molecule has 0 saturated heterocycles. The van der Waals surface area contributed by atoms with Gasteiger partial charge in [0.2, 0.25) is 0 Å². The zero-order valence-corrected chi connectivity index (χ0v) is 10.7. The van der Waals surface area contributed by atoms with Crippen molar-refractivity contribution in [1.82, 2.24) is 5.43 Å². The van der Waals surface area contributed by atoms with E-state index in [4.69, 9.17) is 22.2 Å². The van der Waals surface area contributed by atoms with Crippen molar-refractivity contribution in [3.8, 4) is 0 Å². The van der Waals surface area contributed by atoms with E-state index < -0.39 is 0 Å². The lowest BCUT2D eigenvalue weighted by molar-refractivity contribution is 0.219. The van der Waals surface area contributed by atoms with E-state index in [0.717, 1.165) is 40.5 Å². The van der Waals surface area contributed by atoms with Gasteiger partial charge < -0.3 is 4.74 Å². The van der Waals surface area contributed by atoms with Crippen molar-refractivity contribution in [2.24, 2.45) is 5.84 Å². The summed E-state index contributed by atoms with van der Waals surface area (Å²) in [6.07, 6.45) is 3.84. The molecule has 0 radical (unpaired) electrons. The van der Waals surface area contributed by atoms with Gasteiger partial charge in [0.1, 0.15) is 0 Å². The number of nitrogens with two attached hydrogens (primary N) is 1. The zero-order valence-electron chi connectivity index (χ0n) is 9.13. The molecule has 5 heteroatoms. The summed E-state index contributed by atoms with van der Waals surface area (Å²) in [6.45, 7) is 2.79. The first-order chi connectivity index (χ1) is 7.74. The Hall–Kier alpha value is -0.550. The molecule has 16 heavy (non-hydrogen) atoms. The van der Waals surface area contributed by atoms with E-state index in [2.05, 4.69) is 5.43 Å². The minimum Gasteiger partial charge on any atom is -0.501 e. The summed E-state index contributed by atoms with van der Waals surface area (Å²) in [5.74, 6) is 5.62. The molecule has 1 aromatic rings. The smallest absolute Gasteiger partial charge is 0.0876 e. The maximum atomic E-state index is 6.25. The van der Waals surface area contributed by atoms with Gasteiger partial charge in [-0.25, -0.2) is 5.43 Å². The van der Waals surface area contributed by atoms with Crippen LogP contribution in [0.1, 0.15) is 29.3 Å². The summed E-state index contributed by atoms with van der Waals surface area (Å²) in [6, 6.07) is -0.0218. The fourth-order valence-electron chi connectivity index (χ4n) is 1.79. The average Bonchev–Trinajstić information content (AvgIpc) is 2.64. The normalized spacial score (nSPS) is 17.8. The predicted molar refractivity (Wildman–Crippen MR) is 67.4 cm³/mol. The van der Waals surface area contributed by atoms with Gasteiger partial charge in [-0.3, -0.25) is 5.84 Å². The van der Waals surface area contributed by atoms with Gasteiger partial charge in [0.05, 0.1) is 23.9 Å². The third-order valence-electron chi connectivity index (χ3n) is 2.69. The van der Waals surface area contributed by atoms with Crippen LogP contribution in [-0.4, -0.2) is 6.61 Å². The Labute approximate surface area is 104 Å². The first-order valence-electron chi connectivity index (χ1n) is 5.24. The second-order valence-corrected chi connectivity index (χ2v) is 5.15. The molecule has 1 unspecified atom stereocenters. The Bertz CT molecular complexity index is 403. The number of aryl methyl sites for hydroxylation is 1. The summed E-state index contributed by atoms with van der Waals surface area (Å²) in [4.78, 5) is 1.07. The van der Waals surface area contributed by atoms with Crippen molar-refractivity contribution in [2.45, 2.75) is 25.8 Å². The van der Waals surface area contributed by atoms with E-state index in [1.165, 1.54) is 0 Å². The van der Waals surface area contributed by atoms with Crippen LogP contribution in [0.3, 0.4) is 0 Å². The van der Waals surface area contributed by atoms with Crippen LogP contribution in [0, 0.1) is 6.92 Å². The minimum absolute atomic E-state index is 0.0218. The SMILES string of the molecule is Cc1csc(C(NN)C2=COCCC2)c1Cl. The molecular formula is C11H15ClN2OS. The molecule has 0 saturated carbocycles. The highest BCUT2D eigenvalue weighted by Gasteiger charge is 2.22. The fourth-order valence-corrected chi connectivity index (χ4v) is 3.20. The number of hydrogen-bond acceptors (Lipinski definition) is 4. The zero-order chi connectivity index (χ0) is 11.5. The van der Waals surface area contributed by atoms with Gasteiger partial charge >= 0.3 is 0 Å². The molecule has 2 rings (SSSR count). The van der Waals surface area contributed by atoms with Crippen LogP contribution >= 0.6 is 22.9 Å². The topological polar surface area (TPSA) is 47.3 Å². The Morgan fingerprint density at radius 3 is 2.94 bits per heavy atom. The van der Waals surface area contributed by atoms with E-state index in [1.54, 1.807) is 17.6 Å². The van der Waals surface area contributed by atoms with Crippen molar-refractivity contribution in [2.75, 3.05) is 6.61 Å². The maximum Gasteiger partial charge on any atom is 0.0876 e. The molecule has 88 valence electrons. The molecule has 0 aliphatic carbocycles. The lowest BCUT2D eigenvalue weighted by Crippen LogP contribution is -2.30. The number of thiophene rings is 1.